The van der Waals surface area contributed by atoms with Crippen LogP contribution in [0, 0.1) is 5.82 Å². The zero-order valence-corrected chi connectivity index (χ0v) is 20.9. The maximum atomic E-state index is 13.9. The Morgan fingerprint density at radius 2 is 1.51 bits per heavy atom. The van der Waals surface area contributed by atoms with Gasteiger partial charge in [-0.2, -0.15) is 0 Å². The number of hydrogen-bond acceptors (Lipinski definition) is 3. The largest absolute Gasteiger partial charge is 0.394 e. The molecule has 1 fully saturated rings. The lowest BCUT2D eigenvalue weighted by molar-refractivity contribution is -0.181. The molecule has 0 radical (unpaired) electrons. The highest BCUT2D eigenvalue weighted by atomic mass is 35.5. The summed E-state index contributed by atoms with van der Waals surface area (Å²) in [4.78, 5) is 15.7. The van der Waals surface area contributed by atoms with Gasteiger partial charge in [-0.25, -0.2) is 4.39 Å². The Morgan fingerprint density at radius 3 is 2.06 bits per heavy atom. The number of carbonyl (C=O) groups is 1. The number of aliphatic hydroxyl groups is 1. The van der Waals surface area contributed by atoms with Gasteiger partial charge >= 0.3 is 0 Å². The minimum Gasteiger partial charge on any atom is -0.394 e. The molecule has 1 aliphatic heterocycles. The minimum atomic E-state index is -0.796. The van der Waals surface area contributed by atoms with Gasteiger partial charge in [0.15, 0.2) is 0 Å². The van der Waals surface area contributed by atoms with Crippen molar-refractivity contribution in [2.24, 2.45) is 0 Å². The van der Waals surface area contributed by atoms with E-state index in [4.69, 9.17) is 27.9 Å². The molecule has 0 spiro atoms. The van der Waals surface area contributed by atoms with E-state index >= 15 is 0 Å². The Morgan fingerprint density at radius 1 is 0.943 bits per heavy atom. The molecule has 4 rings (SSSR count). The maximum Gasteiger partial charge on any atom is 0.253 e. The molecule has 0 unspecified atom stereocenters. The molecule has 0 aromatic heterocycles. The lowest BCUT2D eigenvalue weighted by atomic mass is 9.89. The zero-order chi connectivity index (χ0) is 24.9. The number of halogens is 3. The van der Waals surface area contributed by atoms with Crippen LogP contribution in [-0.2, 0) is 16.0 Å². The van der Waals surface area contributed by atoms with E-state index in [-0.39, 0.29) is 30.8 Å². The van der Waals surface area contributed by atoms with Crippen molar-refractivity contribution < 1.29 is 19.0 Å². The van der Waals surface area contributed by atoms with Gasteiger partial charge in [0.25, 0.3) is 5.91 Å². The summed E-state index contributed by atoms with van der Waals surface area (Å²) in [5.41, 5.74) is 2.52. The van der Waals surface area contributed by atoms with Crippen molar-refractivity contribution in [3.05, 3.63) is 105 Å². The number of benzene rings is 3. The molecule has 1 amide bonds. The predicted molar refractivity (Wildman–Crippen MR) is 136 cm³/mol. The quantitative estimate of drug-likeness (QED) is 0.370. The van der Waals surface area contributed by atoms with Crippen LogP contribution in [-0.4, -0.2) is 34.7 Å². The Balaban J connectivity index is 1.81. The minimum absolute atomic E-state index is 0.166. The van der Waals surface area contributed by atoms with E-state index in [0.717, 1.165) is 23.1 Å². The molecule has 0 saturated carbocycles. The van der Waals surface area contributed by atoms with Crippen LogP contribution < -0.4 is 0 Å². The number of nitrogens with zero attached hydrogens (tertiary/aromatic N) is 1. The third-order valence-electron chi connectivity index (χ3n) is 6.40. The molecule has 4 nitrogen and oxygen atoms in total. The molecule has 1 aliphatic rings. The molecule has 0 aliphatic carbocycles. The van der Waals surface area contributed by atoms with Gasteiger partial charge in [-0.3, -0.25) is 4.79 Å². The van der Waals surface area contributed by atoms with Gasteiger partial charge in [-0.05, 0) is 59.5 Å². The predicted octanol–water partition coefficient (Wildman–Crippen LogP) is 6.55. The fourth-order valence-corrected chi connectivity index (χ4v) is 4.95. The van der Waals surface area contributed by atoms with Crippen LogP contribution in [0.25, 0.3) is 0 Å². The first-order chi connectivity index (χ1) is 16.9. The Bertz CT molecular complexity index is 1120. The second kappa shape index (κ2) is 11.5. The summed E-state index contributed by atoms with van der Waals surface area (Å²) >= 11 is 12.3. The second-order valence-electron chi connectivity index (χ2n) is 8.79. The molecule has 4 atom stereocenters. The van der Waals surface area contributed by atoms with Crippen molar-refractivity contribution >= 4 is 29.1 Å². The smallest absolute Gasteiger partial charge is 0.253 e. The van der Waals surface area contributed by atoms with Crippen LogP contribution in [0.3, 0.4) is 0 Å². The molecular formula is C28H28Cl2FNO3. The highest BCUT2D eigenvalue weighted by Gasteiger charge is 2.46. The Kier molecular flexibility index (Phi) is 8.45. The van der Waals surface area contributed by atoms with Crippen molar-refractivity contribution in [3.63, 3.8) is 0 Å². The molecule has 0 bridgehead atoms. The highest BCUT2D eigenvalue weighted by molar-refractivity contribution is 6.30. The summed E-state index contributed by atoms with van der Waals surface area (Å²) in [7, 11) is 0. The molecule has 184 valence electrons. The fourth-order valence-electron chi connectivity index (χ4n) is 4.70. The summed E-state index contributed by atoms with van der Waals surface area (Å²) in [5, 5.41) is 11.5. The molecule has 35 heavy (non-hydrogen) atoms. The highest BCUT2D eigenvalue weighted by Crippen LogP contribution is 2.44. The van der Waals surface area contributed by atoms with Crippen LogP contribution in [0.4, 0.5) is 4.39 Å². The van der Waals surface area contributed by atoms with Crippen molar-refractivity contribution in [1.82, 2.24) is 4.90 Å². The van der Waals surface area contributed by atoms with Crippen LogP contribution in [0.5, 0.6) is 0 Å². The third-order valence-corrected chi connectivity index (χ3v) is 6.90. The standard InChI is InChI=1S/C28H28Cl2FNO3/c1-2-3-24(17-33)32-26(19-6-10-21(29)11-7-19)27(20-8-12-22(30)13-9-20)35-25(28(32)34)16-18-4-14-23(31)15-5-18/h4-15,24-27,33H,2-3,16-17H2,1H3/t24-,25-,26+,27-/m0/s1. The average Bonchev–Trinajstić information content (AvgIpc) is 2.86. The average molecular weight is 516 g/mol. The first kappa shape index (κ1) is 25.6. The van der Waals surface area contributed by atoms with Gasteiger partial charge in [-0.15, -0.1) is 0 Å². The van der Waals surface area contributed by atoms with Gasteiger partial charge < -0.3 is 14.7 Å². The number of aliphatic hydroxyl groups excluding tert-OH is 1. The van der Waals surface area contributed by atoms with E-state index < -0.39 is 18.2 Å². The van der Waals surface area contributed by atoms with Gasteiger partial charge in [0.05, 0.1) is 18.7 Å². The van der Waals surface area contributed by atoms with Gasteiger partial charge in [-0.1, -0.05) is 72.9 Å². The summed E-state index contributed by atoms with van der Waals surface area (Å²) in [6.07, 6.45) is 0.426. The number of morpholine rings is 1. The molecule has 1 N–H and O–H groups in total. The van der Waals surface area contributed by atoms with E-state index in [2.05, 4.69) is 0 Å². The lowest BCUT2D eigenvalue weighted by Gasteiger charge is -2.48. The van der Waals surface area contributed by atoms with Crippen LogP contribution >= 0.6 is 23.2 Å². The van der Waals surface area contributed by atoms with E-state index in [1.165, 1.54) is 12.1 Å². The monoisotopic (exact) mass is 515 g/mol. The molecule has 7 heteroatoms. The van der Waals surface area contributed by atoms with Crippen molar-refractivity contribution in [3.8, 4) is 0 Å². The summed E-state index contributed by atoms with van der Waals surface area (Å²) < 4.78 is 20.0. The summed E-state index contributed by atoms with van der Waals surface area (Å²) in [6, 6.07) is 19.9. The van der Waals surface area contributed by atoms with Crippen molar-refractivity contribution in [2.75, 3.05) is 6.61 Å². The molecule has 1 saturated heterocycles. The van der Waals surface area contributed by atoms with Gasteiger partial charge in [0.1, 0.15) is 18.0 Å². The maximum absolute atomic E-state index is 13.9. The zero-order valence-electron chi connectivity index (χ0n) is 19.4. The molecular weight excluding hydrogens is 488 g/mol. The van der Waals surface area contributed by atoms with E-state index in [1.807, 2.05) is 31.2 Å². The van der Waals surface area contributed by atoms with Gasteiger partial charge in [0.2, 0.25) is 0 Å². The van der Waals surface area contributed by atoms with Crippen LogP contribution in [0.1, 0.15) is 48.6 Å². The van der Waals surface area contributed by atoms with E-state index in [1.54, 1.807) is 41.3 Å². The first-order valence-electron chi connectivity index (χ1n) is 11.7. The van der Waals surface area contributed by atoms with E-state index in [0.29, 0.717) is 16.5 Å². The SMILES string of the molecule is CCC[C@@H](CO)N1C(=O)[C@H](Cc2ccc(F)cc2)O[C@@H](c2ccc(Cl)cc2)[C@H]1c1ccc(Cl)cc1. The molecule has 3 aromatic carbocycles. The molecule has 1 heterocycles. The number of rotatable bonds is 8. The first-order valence-corrected chi connectivity index (χ1v) is 12.5. The number of amides is 1. The van der Waals surface area contributed by atoms with Crippen LogP contribution in [0.2, 0.25) is 10.0 Å². The van der Waals surface area contributed by atoms with Crippen molar-refractivity contribution in [2.45, 2.75) is 50.5 Å². The summed E-state index contributed by atoms with van der Waals surface area (Å²) in [5.74, 6) is -0.539. The normalized spacial score (nSPS) is 21.2. The number of hydrogen-bond donors (Lipinski definition) is 1. The third kappa shape index (κ3) is 5.87. The Hall–Kier alpha value is -2.44. The number of ether oxygens (including phenoxy) is 1. The molecule has 3 aromatic rings. The van der Waals surface area contributed by atoms with Crippen LogP contribution in [0.15, 0.2) is 72.8 Å². The summed E-state index contributed by atoms with van der Waals surface area (Å²) in [6.45, 7) is 1.86. The fraction of sp³-hybridized carbons (Fsp3) is 0.321. The van der Waals surface area contributed by atoms with E-state index in [9.17, 15) is 14.3 Å². The second-order valence-corrected chi connectivity index (χ2v) is 9.67. The van der Waals surface area contributed by atoms with Crippen molar-refractivity contribution in [1.29, 1.82) is 0 Å². The number of carbonyl (C=O) groups excluding carboxylic acids is 1. The topological polar surface area (TPSA) is 49.8 Å². The lowest BCUT2D eigenvalue weighted by Crippen LogP contribution is -2.56. The van der Waals surface area contributed by atoms with Gasteiger partial charge in [0, 0.05) is 16.5 Å². The Labute approximate surface area is 215 Å².